The summed E-state index contributed by atoms with van der Waals surface area (Å²) in [5.41, 5.74) is 0.762. The summed E-state index contributed by atoms with van der Waals surface area (Å²) in [6, 6.07) is 4.78. The van der Waals surface area contributed by atoms with Crippen molar-refractivity contribution in [3.63, 3.8) is 0 Å². The van der Waals surface area contributed by atoms with Crippen molar-refractivity contribution >= 4 is 15.9 Å². The molecule has 1 saturated heterocycles. The first-order valence-electron chi connectivity index (χ1n) is 6.48. The highest BCUT2D eigenvalue weighted by molar-refractivity contribution is 9.10. The van der Waals surface area contributed by atoms with Crippen LogP contribution in [0.1, 0.15) is 37.9 Å². The number of aliphatic hydroxyl groups excluding tert-OH is 1. The van der Waals surface area contributed by atoms with E-state index in [4.69, 9.17) is 0 Å². The van der Waals surface area contributed by atoms with Crippen LogP contribution in [0, 0.1) is 11.7 Å². The second-order valence-electron chi connectivity index (χ2n) is 4.98. The molecule has 0 saturated carbocycles. The van der Waals surface area contributed by atoms with Gasteiger partial charge in [-0.3, -0.25) is 0 Å². The number of piperidine rings is 1. The maximum absolute atomic E-state index is 13.2. The predicted octanol–water partition coefficient (Wildman–Crippen LogP) is 3.40. The lowest BCUT2D eigenvalue weighted by molar-refractivity contribution is 0.0978. The predicted molar refractivity (Wildman–Crippen MR) is 73.9 cm³/mol. The van der Waals surface area contributed by atoms with Crippen molar-refractivity contribution in [1.29, 1.82) is 0 Å². The molecule has 0 bridgehead atoms. The number of benzene rings is 1. The van der Waals surface area contributed by atoms with Gasteiger partial charge in [-0.05, 0) is 58.9 Å². The summed E-state index contributed by atoms with van der Waals surface area (Å²) in [4.78, 5) is 0. The zero-order valence-corrected chi connectivity index (χ0v) is 12.1. The zero-order valence-electron chi connectivity index (χ0n) is 10.5. The summed E-state index contributed by atoms with van der Waals surface area (Å²) in [6.45, 7) is 3.14. The molecule has 4 heteroatoms. The van der Waals surface area contributed by atoms with Gasteiger partial charge in [0, 0.05) is 6.04 Å². The Balaban J connectivity index is 2.10. The Morgan fingerprint density at radius 2 is 2.33 bits per heavy atom. The first kappa shape index (κ1) is 14.0. The van der Waals surface area contributed by atoms with Crippen LogP contribution in [0.3, 0.4) is 0 Å². The molecular formula is C14H19BrFNO. The van der Waals surface area contributed by atoms with Crippen LogP contribution in [0.5, 0.6) is 0 Å². The minimum Gasteiger partial charge on any atom is -0.387 e. The van der Waals surface area contributed by atoms with Crippen molar-refractivity contribution < 1.29 is 9.50 Å². The molecule has 1 aromatic rings. The molecule has 2 nitrogen and oxygen atoms in total. The molecule has 18 heavy (non-hydrogen) atoms. The highest BCUT2D eigenvalue weighted by Crippen LogP contribution is 2.29. The normalized spacial score (nSPS) is 26.0. The van der Waals surface area contributed by atoms with E-state index in [2.05, 4.69) is 28.2 Å². The second kappa shape index (κ2) is 6.13. The number of rotatable bonds is 3. The third kappa shape index (κ3) is 3.11. The Bertz CT molecular complexity index is 413. The summed E-state index contributed by atoms with van der Waals surface area (Å²) < 4.78 is 13.6. The Kier molecular flexibility index (Phi) is 4.76. The summed E-state index contributed by atoms with van der Waals surface area (Å²) >= 11 is 3.16. The molecule has 1 fully saturated rings. The molecule has 3 atom stereocenters. The molecule has 1 heterocycles. The van der Waals surface area contributed by atoms with E-state index in [1.807, 2.05) is 0 Å². The molecule has 1 aliphatic rings. The Morgan fingerprint density at radius 1 is 1.56 bits per heavy atom. The van der Waals surface area contributed by atoms with Gasteiger partial charge >= 0.3 is 0 Å². The van der Waals surface area contributed by atoms with Crippen LogP contribution in [0.25, 0.3) is 0 Å². The first-order chi connectivity index (χ1) is 8.61. The van der Waals surface area contributed by atoms with Gasteiger partial charge in [-0.25, -0.2) is 4.39 Å². The van der Waals surface area contributed by atoms with E-state index >= 15 is 0 Å². The van der Waals surface area contributed by atoms with Crippen molar-refractivity contribution in [2.24, 2.45) is 5.92 Å². The maximum atomic E-state index is 13.2. The van der Waals surface area contributed by atoms with Crippen molar-refractivity contribution in [3.8, 4) is 0 Å². The molecule has 0 radical (unpaired) electrons. The van der Waals surface area contributed by atoms with Gasteiger partial charge in [0.2, 0.25) is 0 Å². The minimum atomic E-state index is -0.573. The molecule has 2 rings (SSSR count). The standard InChI is InChI=1S/C14H19BrFNO/c1-2-9-5-6-17-13(7-9)14(18)10-3-4-12(16)11(15)8-10/h3-4,8-9,13-14,17-18H,2,5-7H2,1H3. The van der Waals surface area contributed by atoms with Crippen molar-refractivity contribution in [2.45, 2.75) is 38.3 Å². The fourth-order valence-corrected chi connectivity index (χ4v) is 2.97. The number of hydrogen-bond donors (Lipinski definition) is 2. The van der Waals surface area contributed by atoms with Gasteiger partial charge in [0.1, 0.15) is 5.82 Å². The fourth-order valence-electron chi connectivity index (χ4n) is 2.57. The third-order valence-electron chi connectivity index (χ3n) is 3.79. The van der Waals surface area contributed by atoms with E-state index < -0.39 is 6.10 Å². The van der Waals surface area contributed by atoms with E-state index in [9.17, 15) is 9.50 Å². The zero-order chi connectivity index (χ0) is 13.1. The van der Waals surface area contributed by atoms with Gasteiger partial charge in [0.05, 0.1) is 10.6 Å². The van der Waals surface area contributed by atoms with E-state index in [1.165, 1.54) is 12.5 Å². The molecular weight excluding hydrogens is 297 g/mol. The van der Waals surface area contributed by atoms with E-state index in [-0.39, 0.29) is 11.9 Å². The van der Waals surface area contributed by atoms with Crippen LogP contribution in [-0.4, -0.2) is 17.7 Å². The SMILES string of the molecule is CCC1CCNC(C(O)c2ccc(F)c(Br)c2)C1. The van der Waals surface area contributed by atoms with Gasteiger partial charge in [-0.15, -0.1) is 0 Å². The average Bonchev–Trinajstić information content (AvgIpc) is 2.41. The molecule has 1 aromatic carbocycles. The second-order valence-corrected chi connectivity index (χ2v) is 5.83. The van der Waals surface area contributed by atoms with Crippen LogP contribution >= 0.6 is 15.9 Å². The van der Waals surface area contributed by atoms with Crippen LogP contribution in [0.4, 0.5) is 4.39 Å². The molecule has 0 aliphatic carbocycles. The molecule has 0 spiro atoms. The third-order valence-corrected chi connectivity index (χ3v) is 4.40. The lowest BCUT2D eigenvalue weighted by atomic mass is 9.86. The number of aliphatic hydroxyl groups is 1. The smallest absolute Gasteiger partial charge is 0.137 e. The molecule has 100 valence electrons. The quantitative estimate of drug-likeness (QED) is 0.896. The van der Waals surface area contributed by atoms with Gasteiger partial charge in [0.25, 0.3) is 0 Å². The van der Waals surface area contributed by atoms with Crippen LogP contribution < -0.4 is 5.32 Å². The fraction of sp³-hybridized carbons (Fsp3) is 0.571. The van der Waals surface area contributed by atoms with Crippen LogP contribution in [-0.2, 0) is 0 Å². The number of hydrogen-bond acceptors (Lipinski definition) is 2. The van der Waals surface area contributed by atoms with Gasteiger partial charge in [-0.2, -0.15) is 0 Å². The average molecular weight is 316 g/mol. The Morgan fingerprint density at radius 3 is 3.00 bits per heavy atom. The van der Waals surface area contributed by atoms with Crippen molar-refractivity contribution in [2.75, 3.05) is 6.54 Å². The molecule has 0 amide bonds. The Labute approximate surface area is 116 Å². The van der Waals surface area contributed by atoms with E-state index in [0.717, 1.165) is 24.9 Å². The number of nitrogens with one attached hydrogen (secondary N) is 1. The van der Waals surface area contributed by atoms with Gasteiger partial charge in [-0.1, -0.05) is 19.4 Å². The minimum absolute atomic E-state index is 0.0704. The Hall–Kier alpha value is -0.450. The van der Waals surface area contributed by atoms with Crippen molar-refractivity contribution in [3.05, 3.63) is 34.1 Å². The molecule has 2 N–H and O–H groups in total. The largest absolute Gasteiger partial charge is 0.387 e. The summed E-state index contributed by atoms with van der Waals surface area (Å²) in [6.07, 6.45) is 2.73. The van der Waals surface area contributed by atoms with E-state index in [0.29, 0.717) is 10.4 Å². The van der Waals surface area contributed by atoms with Crippen LogP contribution in [0.15, 0.2) is 22.7 Å². The van der Waals surface area contributed by atoms with Gasteiger partial charge in [0.15, 0.2) is 0 Å². The highest BCUT2D eigenvalue weighted by Gasteiger charge is 2.27. The van der Waals surface area contributed by atoms with E-state index in [1.54, 1.807) is 12.1 Å². The maximum Gasteiger partial charge on any atom is 0.137 e. The molecule has 3 unspecified atom stereocenters. The monoisotopic (exact) mass is 315 g/mol. The topological polar surface area (TPSA) is 32.3 Å². The van der Waals surface area contributed by atoms with Crippen molar-refractivity contribution in [1.82, 2.24) is 5.32 Å². The summed E-state index contributed by atoms with van der Waals surface area (Å²) in [7, 11) is 0. The van der Waals surface area contributed by atoms with Crippen LogP contribution in [0.2, 0.25) is 0 Å². The molecule has 1 aliphatic heterocycles. The molecule has 0 aromatic heterocycles. The first-order valence-corrected chi connectivity index (χ1v) is 7.27. The lowest BCUT2D eigenvalue weighted by Crippen LogP contribution is -2.42. The lowest BCUT2D eigenvalue weighted by Gasteiger charge is -2.33. The highest BCUT2D eigenvalue weighted by atomic mass is 79.9. The summed E-state index contributed by atoms with van der Waals surface area (Å²) in [5.74, 6) is 0.378. The summed E-state index contributed by atoms with van der Waals surface area (Å²) in [5, 5.41) is 13.7. The number of halogens is 2. The van der Waals surface area contributed by atoms with Gasteiger partial charge < -0.3 is 10.4 Å².